The largest absolute Gasteiger partial charge is 0.350 e. The highest BCUT2D eigenvalue weighted by Crippen LogP contribution is 2.25. The third-order valence-electron chi connectivity index (χ3n) is 3.16. The second kappa shape index (κ2) is 5.14. The summed E-state index contributed by atoms with van der Waals surface area (Å²) in [6.07, 6.45) is 5.82. The predicted molar refractivity (Wildman–Crippen MR) is 62.3 cm³/mol. The number of carbonyl (C=O) groups excluding carboxylic acids is 1. The van der Waals surface area contributed by atoms with E-state index in [1.165, 1.54) is 19.3 Å². The van der Waals surface area contributed by atoms with Gasteiger partial charge in [0.1, 0.15) is 5.69 Å². The molecule has 0 spiro atoms. The molecule has 88 valence electrons. The summed E-state index contributed by atoms with van der Waals surface area (Å²) in [7, 11) is 0. The fourth-order valence-electron chi connectivity index (χ4n) is 1.90. The normalized spacial score (nSPS) is 15.8. The van der Waals surface area contributed by atoms with Crippen LogP contribution in [0.2, 0.25) is 0 Å². The SMILES string of the molecule is CCCc1cc(C(=O)NCC2CCC2)n[nH]1. The third-order valence-corrected chi connectivity index (χ3v) is 3.16. The lowest BCUT2D eigenvalue weighted by atomic mass is 9.85. The first-order valence-corrected chi connectivity index (χ1v) is 6.12. The van der Waals surface area contributed by atoms with Gasteiger partial charge in [-0.05, 0) is 31.2 Å². The molecule has 4 nitrogen and oxygen atoms in total. The quantitative estimate of drug-likeness (QED) is 0.797. The standard InChI is InChI=1S/C12H19N3O/c1-2-4-10-7-11(15-14-10)12(16)13-8-9-5-3-6-9/h7,9H,2-6,8H2,1H3,(H,13,16)(H,14,15). The van der Waals surface area contributed by atoms with E-state index in [0.29, 0.717) is 11.6 Å². The van der Waals surface area contributed by atoms with Gasteiger partial charge in [-0.1, -0.05) is 19.8 Å². The van der Waals surface area contributed by atoms with E-state index in [4.69, 9.17) is 0 Å². The Morgan fingerprint density at radius 2 is 2.44 bits per heavy atom. The van der Waals surface area contributed by atoms with Crippen LogP contribution in [0.1, 0.15) is 48.8 Å². The summed E-state index contributed by atoms with van der Waals surface area (Å²) in [4.78, 5) is 11.7. The molecule has 1 amide bonds. The Bertz CT molecular complexity index is 355. The number of amides is 1. The number of hydrogen-bond donors (Lipinski definition) is 2. The van der Waals surface area contributed by atoms with Gasteiger partial charge in [-0.2, -0.15) is 5.10 Å². The molecule has 16 heavy (non-hydrogen) atoms. The van der Waals surface area contributed by atoms with Crippen molar-refractivity contribution in [2.45, 2.75) is 39.0 Å². The summed E-state index contributed by atoms with van der Waals surface area (Å²) in [6, 6.07) is 1.85. The maximum absolute atomic E-state index is 11.7. The van der Waals surface area contributed by atoms with Gasteiger partial charge >= 0.3 is 0 Å². The molecule has 0 bridgehead atoms. The molecule has 0 aromatic carbocycles. The van der Waals surface area contributed by atoms with Crippen molar-refractivity contribution >= 4 is 5.91 Å². The van der Waals surface area contributed by atoms with Crippen LogP contribution >= 0.6 is 0 Å². The van der Waals surface area contributed by atoms with Crippen LogP contribution in [0, 0.1) is 5.92 Å². The van der Waals surface area contributed by atoms with Crippen molar-refractivity contribution in [1.29, 1.82) is 0 Å². The summed E-state index contributed by atoms with van der Waals surface area (Å²) >= 11 is 0. The van der Waals surface area contributed by atoms with Crippen LogP contribution in [0.25, 0.3) is 0 Å². The minimum absolute atomic E-state index is 0.0505. The molecule has 0 atom stereocenters. The Kier molecular flexibility index (Phi) is 3.59. The van der Waals surface area contributed by atoms with Gasteiger partial charge < -0.3 is 5.32 Å². The number of H-pyrrole nitrogens is 1. The third kappa shape index (κ3) is 2.62. The van der Waals surface area contributed by atoms with E-state index in [2.05, 4.69) is 22.4 Å². The molecule has 1 aromatic rings. The van der Waals surface area contributed by atoms with Gasteiger partial charge in [0, 0.05) is 12.2 Å². The van der Waals surface area contributed by atoms with Crippen LogP contribution in [0.4, 0.5) is 0 Å². The maximum atomic E-state index is 11.7. The molecule has 1 aromatic heterocycles. The summed E-state index contributed by atoms with van der Waals surface area (Å²) < 4.78 is 0. The van der Waals surface area contributed by atoms with E-state index in [9.17, 15) is 4.79 Å². The summed E-state index contributed by atoms with van der Waals surface area (Å²) in [5, 5.41) is 9.85. The lowest BCUT2D eigenvalue weighted by Gasteiger charge is -2.25. The predicted octanol–water partition coefficient (Wildman–Crippen LogP) is 1.89. The minimum atomic E-state index is -0.0505. The highest BCUT2D eigenvalue weighted by Gasteiger charge is 2.18. The van der Waals surface area contributed by atoms with Gasteiger partial charge in [-0.15, -0.1) is 0 Å². The topological polar surface area (TPSA) is 57.8 Å². The molecule has 0 radical (unpaired) electrons. The molecule has 1 aliphatic carbocycles. The molecule has 2 N–H and O–H groups in total. The van der Waals surface area contributed by atoms with E-state index in [1.54, 1.807) is 0 Å². The van der Waals surface area contributed by atoms with E-state index < -0.39 is 0 Å². The number of aryl methyl sites for hydroxylation is 1. The monoisotopic (exact) mass is 221 g/mol. The molecule has 0 saturated heterocycles. The average Bonchev–Trinajstić information content (AvgIpc) is 2.64. The molecular weight excluding hydrogens is 202 g/mol. The number of nitrogens with zero attached hydrogens (tertiary/aromatic N) is 1. The first kappa shape index (κ1) is 11.2. The molecule has 0 unspecified atom stereocenters. The van der Waals surface area contributed by atoms with Crippen LogP contribution in [0.3, 0.4) is 0 Å². The van der Waals surface area contributed by atoms with Crippen molar-refractivity contribution in [2.75, 3.05) is 6.54 Å². The number of rotatable bonds is 5. The molecule has 1 saturated carbocycles. The van der Waals surface area contributed by atoms with Crippen molar-refractivity contribution in [3.05, 3.63) is 17.5 Å². The van der Waals surface area contributed by atoms with E-state index >= 15 is 0 Å². The molecule has 1 heterocycles. The van der Waals surface area contributed by atoms with Gasteiger partial charge in [0.05, 0.1) is 0 Å². The zero-order valence-corrected chi connectivity index (χ0v) is 9.75. The molecular formula is C12H19N3O. The average molecular weight is 221 g/mol. The van der Waals surface area contributed by atoms with Crippen LogP contribution in [0.15, 0.2) is 6.07 Å². The van der Waals surface area contributed by atoms with E-state index in [0.717, 1.165) is 25.1 Å². The second-order valence-electron chi connectivity index (χ2n) is 4.54. The fourth-order valence-corrected chi connectivity index (χ4v) is 1.90. The smallest absolute Gasteiger partial charge is 0.271 e. The molecule has 2 rings (SSSR count). The van der Waals surface area contributed by atoms with Gasteiger partial charge in [0.25, 0.3) is 5.91 Å². The Hall–Kier alpha value is -1.32. The lowest BCUT2D eigenvalue weighted by Crippen LogP contribution is -2.32. The highest BCUT2D eigenvalue weighted by atomic mass is 16.1. The fraction of sp³-hybridized carbons (Fsp3) is 0.667. The summed E-state index contributed by atoms with van der Waals surface area (Å²) in [5.74, 6) is 0.642. The van der Waals surface area contributed by atoms with E-state index in [1.807, 2.05) is 6.07 Å². The Labute approximate surface area is 95.8 Å². The van der Waals surface area contributed by atoms with Gasteiger partial charge in [0.15, 0.2) is 0 Å². The molecule has 0 aliphatic heterocycles. The minimum Gasteiger partial charge on any atom is -0.350 e. The van der Waals surface area contributed by atoms with Crippen molar-refractivity contribution in [3.8, 4) is 0 Å². The summed E-state index contributed by atoms with van der Waals surface area (Å²) in [5.41, 5.74) is 1.55. The van der Waals surface area contributed by atoms with Crippen LogP contribution in [0.5, 0.6) is 0 Å². The van der Waals surface area contributed by atoms with E-state index in [-0.39, 0.29) is 5.91 Å². The highest BCUT2D eigenvalue weighted by molar-refractivity contribution is 5.92. The molecule has 1 fully saturated rings. The lowest BCUT2D eigenvalue weighted by molar-refractivity contribution is 0.0934. The van der Waals surface area contributed by atoms with Gasteiger partial charge in [-0.25, -0.2) is 0 Å². The Morgan fingerprint density at radius 3 is 3.06 bits per heavy atom. The maximum Gasteiger partial charge on any atom is 0.271 e. The first-order valence-electron chi connectivity index (χ1n) is 6.12. The van der Waals surface area contributed by atoms with Gasteiger partial charge in [-0.3, -0.25) is 9.89 Å². The number of aromatic amines is 1. The first-order chi connectivity index (χ1) is 7.79. The van der Waals surface area contributed by atoms with Crippen molar-refractivity contribution in [2.24, 2.45) is 5.92 Å². The summed E-state index contributed by atoms with van der Waals surface area (Å²) in [6.45, 7) is 2.91. The van der Waals surface area contributed by atoms with Crippen LogP contribution in [-0.4, -0.2) is 22.6 Å². The van der Waals surface area contributed by atoms with Crippen LogP contribution in [-0.2, 0) is 6.42 Å². The molecule has 1 aliphatic rings. The second-order valence-corrected chi connectivity index (χ2v) is 4.54. The van der Waals surface area contributed by atoms with Crippen LogP contribution < -0.4 is 5.32 Å². The number of aromatic nitrogens is 2. The molecule has 4 heteroatoms. The zero-order valence-electron chi connectivity index (χ0n) is 9.75. The van der Waals surface area contributed by atoms with Gasteiger partial charge in [0.2, 0.25) is 0 Å². The Balaban J connectivity index is 1.82. The number of hydrogen-bond acceptors (Lipinski definition) is 2. The van der Waals surface area contributed by atoms with Crippen molar-refractivity contribution in [1.82, 2.24) is 15.5 Å². The number of nitrogens with one attached hydrogen (secondary N) is 2. The zero-order chi connectivity index (χ0) is 11.4. The number of carbonyl (C=O) groups is 1. The van der Waals surface area contributed by atoms with Crippen molar-refractivity contribution in [3.63, 3.8) is 0 Å². The Morgan fingerprint density at radius 1 is 1.62 bits per heavy atom. The van der Waals surface area contributed by atoms with Crippen molar-refractivity contribution < 1.29 is 4.79 Å².